The van der Waals surface area contributed by atoms with Crippen LogP contribution in [0.3, 0.4) is 0 Å². The van der Waals surface area contributed by atoms with Gasteiger partial charge in [-0.1, -0.05) is 57.3 Å². The summed E-state index contributed by atoms with van der Waals surface area (Å²) in [5.74, 6) is 0. The first-order valence-electron chi connectivity index (χ1n) is 6.67. The van der Waals surface area contributed by atoms with Crippen molar-refractivity contribution in [3.05, 3.63) is 24.3 Å². The van der Waals surface area contributed by atoms with Crippen molar-refractivity contribution < 1.29 is 4.79 Å². The van der Waals surface area contributed by atoms with Gasteiger partial charge >= 0.3 is 0 Å². The molecule has 0 N–H and O–H groups in total. The third kappa shape index (κ3) is 13.2. The van der Waals surface area contributed by atoms with Gasteiger partial charge in [0.2, 0.25) is 0 Å². The molecule has 0 aliphatic heterocycles. The molecule has 0 bridgehead atoms. The van der Waals surface area contributed by atoms with Crippen LogP contribution in [0.25, 0.3) is 0 Å². The van der Waals surface area contributed by atoms with Gasteiger partial charge in [0.05, 0.1) is 0 Å². The highest BCUT2D eigenvalue weighted by Gasteiger charge is 1.87. The molecule has 0 aliphatic carbocycles. The first-order chi connectivity index (χ1) is 7.91. The first kappa shape index (κ1) is 15.2. The fraction of sp³-hybridized carbons (Fsp3) is 0.667. The Hall–Kier alpha value is -0.850. The number of aldehydes is 1. The molecule has 1 nitrogen and oxygen atoms in total. The summed E-state index contributed by atoms with van der Waals surface area (Å²) >= 11 is 0. The number of hydrogen-bond acceptors (Lipinski definition) is 1. The smallest absolute Gasteiger partial charge is 0.142 e. The van der Waals surface area contributed by atoms with Crippen LogP contribution in [-0.2, 0) is 4.79 Å². The molecule has 0 radical (unpaired) electrons. The van der Waals surface area contributed by atoms with Gasteiger partial charge in [-0.25, -0.2) is 0 Å². The third-order valence-corrected chi connectivity index (χ3v) is 2.61. The maximum absolute atomic E-state index is 9.98. The highest BCUT2D eigenvalue weighted by Crippen LogP contribution is 2.07. The zero-order valence-electron chi connectivity index (χ0n) is 10.7. The second-order valence-corrected chi connectivity index (χ2v) is 4.17. The van der Waals surface area contributed by atoms with Gasteiger partial charge < -0.3 is 0 Å². The van der Waals surface area contributed by atoms with E-state index in [1.807, 2.05) is 6.08 Å². The van der Waals surface area contributed by atoms with Gasteiger partial charge in [-0.05, 0) is 31.8 Å². The average molecular weight is 222 g/mol. The highest BCUT2D eigenvalue weighted by atomic mass is 16.1. The molecule has 0 saturated carbocycles. The van der Waals surface area contributed by atoms with Gasteiger partial charge in [-0.3, -0.25) is 4.79 Å². The molecule has 0 rings (SSSR count). The van der Waals surface area contributed by atoms with E-state index >= 15 is 0 Å². The lowest BCUT2D eigenvalue weighted by atomic mass is 10.1. The minimum Gasteiger partial charge on any atom is -0.299 e. The largest absolute Gasteiger partial charge is 0.299 e. The molecule has 16 heavy (non-hydrogen) atoms. The number of allylic oxidation sites excluding steroid dienone is 4. The third-order valence-electron chi connectivity index (χ3n) is 2.61. The van der Waals surface area contributed by atoms with Gasteiger partial charge in [0.15, 0.2) is 0 Å². The number of hydrogen-bond donors (Lipinski definition) is 0. The zero-order valence-corrected chi connectivity index (χ0v) is 10.7. The topological polar surface area (TPSA) is 17.1 Å². The van der Waals surface area contributed by atoms with Crippen molar-refractivity contribution in [1.82, 2.24) is 0 Å². The summed E-state index contributed by atoms with van der Waals surface area (Å²) in [6.07, 6.45) is 20.3. The molecule has 92 valence electrons. The van der Waals surface area contributed by atoms with Crippen LogP contribution >= 0.6 is 0 Å². The predicted octanol–water partition coefficient (Wildman–Crippen LogP) is 4.83. The Balaban J connectivity index is 3.09. The molecule has 0 amide bonds. The fourth-order valence-corrected chi connectivity index (χ4v) is 1.62. The monoisotopic (exact) mass is 222 g/mol. The molecular formula is C15H26O. The molecule has 0 atom stereocenters. The minimum absolute atomic E-state index is 0.833. The quantitative estimate of drug-likeness (QED) is 0.212. The van der Waals surface area contributed by atoms with Crippen molar-refractivity contribution in [3.8, 4) is 0 Å². The van der Waals surface area contributed by atoms with Crippen LogP contribution in [-0.4, -0.2) is 6.29 Å². The second kappa shape index (κ2) is 14.2. The number of rotatable bonds is 11. The van der Waals surface area contributed by atoms with Gasteiger partial charge in [-0.2, -0.15) is 0 Å². The molecule has 0 aliphatic rings. The van der Waals surface area contributed by atoms with Gasteiger partial charge in [0.25, 0.3) is 0 Å². The maximum atomic E-state index is 9.98. The molecule has 1 heteroatoms. The van der Waals surface area contributed by atoms with Crippen molar-refractivity contribution >= 4 is 6.29 Å². The second-order valence-electron chi connectivity index (χ2n) is 4.17. The number of carbonyl (C=O) groups excluding carboxylic acids is 1. The molecule has 0 spiro atoms. The van der Waals surface area contributed by atoms with Crippen LogP contribution in [0.1, 0.15) is 64.7 Å². The van der Waals surface area contributed by atoms with Crippen LogP contribution in [0.5, 0.6) is 0 Å². The van der Waals surface area contributed by atoms with Crippen LogP contribution < -0.4 is 0 Å². The molecule has 0 aromatic carbocycles. The van der Waals surface area contributed by atoms with E-state index in [1.54, 1.807) is 6.08 Å². The SMILES string of the molecule is CCCCCCCCC=CCCC=CC=O. The van der Waals surface area contributed by atoms with E-state index in [2.05, 4.69) is 19.1 Å². The Kier molecular flexibility index (Phi) is 13.4. The van der Waals surface area contributed by atoms with E-state index in [4.69, 9.17) is 0 Å². The summed E-state index contributed by atoms with van der Waals surface area (Å²) in [6, 6.07) is 0. The first-order valence-corrected chi connectivity index (χ1v) is 6.67. The van der Waals surface area contributed by atoms with E-state index in [0.717, 1.165) is 19.1 Å². The Bertz CT molecular complexity index is 192. The van der Waals surface area contributed by atoms with Gasteiger partial charge in [-0.15, -0.1) is 0 Å². The van der Waals surface area contributed by atoms with E-state index in [-0.39, 0.29) is 0 Å². The number of unbranched alkanes of at least 4 members (excludes halogenated alkanes) is 7. The lowest BCUT2D eigenvalue weighted by Crippen LogP contribution is -1.77. The fourth-order valence-electron chi connectivity index (χ4n) is 1.62. The Morgan fingerprint density at radius 2 is 1.38 bits per heavy atom. The van der Waals surface area contributed by atoms with Crippen LogP contribution in [0, 0.1) is 0 Å². The molecule has 0 saturated heterocycles. The van der Waals surface area contributed by atoms with Crippen molar-refractivity contribution in [1.29, 1.82) is 0 Å². The summed E-state index contributed by atoms with van der Waals surface area (Å²) in [4.78, 5) is 9.98. The van der Waals surface area contributed by atoms with Crippen molar-refractivity contribution in [2.75, 3.05) is 0 Å². The molecule has 0 heterocycles. The van der Waals surface area contributed by atoms with E-state index < -0.39 is 0 Å². The predicted molar refractivity (Wildman–Crippen MR) is 71.6 cm³/mol. The van der Waals surface area contributed by atoms with Crippen molar-refractivity contribution in [2.45, 2.75) is 64.7 Å². The normalized spacial score (nSPS) is 11.6. The maximum Gasteiger partial charge on any atom is 0.142 e. The van der Waals surface area contributed by atoms with Crippen LogP contribution in [0.2, 0.25) is 0 Å². The summed E-state index contributed by atoms with van der Waals surface area (Å²) in [7, 11) is 0. The van der Waals surface area contributed by atoms with Gasteiger partial charge in [0, 0.05) is 0 Å². The summed E-state index contributed by atoms with van der Waals surface area (Å²) in [6.45, 7) is 2.25. The molecule has 0 unspecified atom stereocenters. The van der Waals surface area contributed by atoms with Crippen LogP contribution in [0.15, 0.2) is 24.3 Å². The van der Waals surface area contributed by atoms with Crippen LogP contribution in [0.4, 0.5) is 0 Å². The molecule has 0 aromatic heterocycles. The van der Waals surface area contributed by atoms with Gasteiger partial charge in [0.1, 0.15) is 6.29 Å². The Morgan fingerprint density at radius 3 is 2.12 bits per heavy atom. The number of carbonyl (C=O) groups is 1. The summed E-state index contributed by atoms with van der Waals surface area (Å²) in [5, 5.41) is 0. The van der Waals surface area contributed by atoms with E-state index in [1.165, 1.54) is 44.9 Å². The summed E-state index contributed by atoms with van der Waals surface area (Å²) in [5.41, 5.74) is 0. The lowest BCUT2D eigenvalue weighted by Gasteiger charge is -1.97. The van der Waals surface area contributed by atoms with E-state index in [9.17, 15) is 4.79 Å². The highest BCUT2D eigenvalue weighted by molar-refractivity contribution is 5.64. The standard InChI is InChI=1S/C15H26O/c1-2-3-4-5-6-7-8-9-10-11-12-13-14-15-16/h9-10,13-15H,2-8,11-12H2,1H3. The molecule has 0 aromatic rings. The summed E-state index contributed by atoms with van der Waals surface area (Å²) < 4.78 is 0. The Labute approximate surface area is 101 Å². The minimum atomic E-state index is 0.833. The molecular weight excluding hydrogens is 196 g/mol. The van der Waals surface area contributed by atoms with Crippen molar-refractivity contribution in [3.63, 3.8) is 0 Å². The average Bonchev–Trinajstić information content (AvgIpc) is 2.31. The lowest BCUT2D eigenvalue weighted by molar-refractivity contribution is -0.104. The van der Waals surface area contributed by atoms with E-state index in [0.29, 0.717) is 0 Å². The van der Waals surface area contributed by atoms with Crippen molar-refractivity contribution in [2.24, 2.45) is 0 Å². The molecule has 0 fully saturated rings. The Morgan fingerprint density at radius 1 is 0.750 bits per heavy atom. The zero-order chi connectivity index (χ0) is 11.9.